The molecule has 0 atom stereocenters. The predicted octanol–water partition coefficient (Wildman–Crippen LogP) is 3.64. The Hall–Kier alpha value is -2.24. The van der Waals surface area contributed by atoms with Crippen LogP contribution in [-0.2, 0) is 16.6 Å². The molecular weight excluding hydrogens is 437 g/mol. The van der Waals surface area contributed by atoms with Crippen molar-refractivity contribution in [1.29, 1.82) is 0 Å². The van der Waals surface area contributed by atoms with E-state index in [2.05, 4.69) is 19.9 Å². The van der Waals surface area contributed by atoms with E-state index in [9.17, 15) is 17.2 Å². The van der Waals surface area contributed by atoms with Crippen LogP contribution in [-0.4, -0.2) is 33.0 Å². The van der Waals surface area contributed by atoms with E-state index < -0.39 is 16.6 Å². The predicted molar refractivity (Wildman–Crippen MR) is 99.3 cm³/mol. The number of hydrogen-bond acceptors (Lipinski definition) is 5. The lowest BCUT2D eigenvalue weighted by Gasteiger charge is -2.07. The first-order valence-corrected chi connectivity index (χ1v) is 10.0. The van der Waals surface area contributed by atoms with Crippen LogP contribution >= 0.6 is 23.2 Å². The Morgan fingerprint density at radius 1 is 1.18 bits per heavy atom. The quantitative estimate of drug-likeness (QED) is 0.618. The highest BCUT2D eigenvalue weighted by Gasteiger charge is 2.28. The summed E-state index contributed by atoms with van der Waals surface area (Å²) in [5.74, 6) is -0.230. The second-order valence-electron chi connectivity index (χ2n) is 5.79. The molecule has 0 spiro atoms. The molecule has 0 bridgehead atoms. The third-order valence-electron chi connectivity index (χ3n) is 3.86. The summed E-state index contributed by atoms with van der Waals surface area (Å²) in [6, 6.07) is 5.02. The lowest BCUT2D eigenvalue weighted by atomic mass is 10.2. The van der Waals surface area contributed by atoms with Crippen LogP contribution in [0.4, 0.5) is 14.7 Å². The lowest BCUT2D eigenvalue weighted by molar-refractivity contribution is 0.0538. The second kappa shape index (κ2) is 7.64. The van der Waals surface area contributed by atoms with Gasteiger partial charge in [0.1, 0.15) is 11.2 Å². The minimum Gasteiger partial charge on any atom is -0.246 e. The SMILES string of the molecule is Cc1nn(C(F)F)c(C)c1S(=O)(=O)Nc1ncn(Cc2c(Cl)cccc2Cl)n1. The van der Waals surface area contributed by atoms with Crippen molar-refractivity contribution in [2.45, 2.75) is 31.8 Å². The fourth-order valence-corrected chi connectivity index (χ4v) is 4.53. The Balaban J connectivity index is 1.85. The molecule has 1 aromatic carbocycles. The summed E-state index contributed by atoms with van der Waals surface area (Å²) in [5, 5.41) is 8.45. The van der Waals surface area contributed by atoms with Crippen molar-refractivity contribution in [3.63, 3.8) is 0 Å². The van der Waals surface area contributed by atoms with Crippen LogP contribution in [0.5, 0.6) is 0 Å². The summed E-state index contributed by atoms with van der Waals surface area (Å²) in [4.78, 5) is 3.53. The van der Waals surface area contributed by atoms with Crippen LogP contribution in [0.15, 0.2) is 29.4 Å². The zero-order valence-corrected chi connectivity index (χ0v) is 16.9. The van der Waals surface area contributed by atoms with E-state index in [0.717, 1.165) is 0 Å². The summed E-state index contributed by atoms with van der Waals surface area (Å²) < 4.78 is 55.0. The highest BCUT2D eigenvalue weighted by Crippen LogP contribution is 2.26. The summed E-state index contributed by atoms with van der Waals surface area (Å²) in [7, 11) is -4.22. The summed E-state index contributed by atoms with van der Waals surface area (Å²) >= 11 is 12.2. The van der Waals surface area contributed by atoms with Gasteiger partial charge in [0.25, 0.3) is 16.0 Å². The summed E-state index contributed by atoms with van der Waals surface area (Å²) in [6.07, 6.45) is 1.29. The minimum absolute atomic E-state index is 0.0624. The lowest BCUT2D eigenvalue weighted by Crippen LogP contribution is -2.16. The molecular formula is C15H14Cl2F2N6O2S. The Morgan fingerprint density at radius 3 is 2.39 bits per heavy atom. The van der Waals surface area contributed by atoms with Gasteiger partial charge < -0.3 is 0 Å². The number of aryl methyl sites for hydroxylation is 1. The largest absolute Gasteiger partial charge is 0.333 e. The summed E-state index contributed by atoms with van der Waals surface area (Å²) in [5.41, 5.74) is 0.338. The van der Waals surface area contributed by atoms with Gasteiger partial charge in [-0.25, -0.2) is 22.5 Å². The molecule has 0 fully saturated rings. The van der Waals surface area contributed by atoms with Crippen LogP contribution in [0.2, 0.25) is 10.0 Å². The number of alkyl halides is 2. The number of halogens is 4. The van der Waals surface area contributed by atoms with Gasteiger partial charge in [0.15, 0.2) is 0 Å². The third-order valence-corrected chi connectivity index (χ3v) is 6.14. The van der Waals surface area contributed by atoms with Crippen molar-refractivity contribution >= 4 is 39.2 Å². The molecule has 13 heteroatoms. The summed E-state index contributed by atoms with van der Waals surface area (Å²) in [6.45, 7) is -0.229. The van der Waals surface area contributed by atoms with Gasteiger partial charge in [0.05, 0.1) is 17.9 Å². The van der Waals surface area contributed by atoms with Gasteiger partial charge in [-0.15, -0.1) is 5.10 Å². The molecule has 2 heterocycles. The zero-order valence-electron chi connectivity index (χ0n) is 14.6. The van der Waals surface area contributed by atoms with Crippen molar-refractivity contribution in [3.05, 3.63) is 51.5 Å². The maximum atomic E-state index is 12.9. The van der Waals surface area contributed by atoms with E-state index in [1.54, 1.807) is 18.2 Å². The standard InChI is InChI=1S/C15H14Cl2F2N6O2S/c1-8-13(9(2)25(21-8)14(18)19)28(26,27)23-15-20-7-24(22-15)6-10-11(16)4-3-5-12(10)17/h3-5,7,14H,6H2,1-2H3,(H,22,23). The molecule has 3 rings (SSSR count). The number of nitrogens with one attached hydrogen (secondary N) is 1. The Morgan fingerprint density at radius 2 is 1.82 bits per heavy atom. The second-order valence-corrected chi connectivity index (χ2v) is 8.23. The zero-order chi connectivity index (χ0) is 20.6. The fraction of sp³-hybridized carbons (Fsp3) is 0.267. The topological polar surface area (TPSA) is 94.7 Å². The molecule has 2 aromatic heterocycles. The molecule has 0 unspecified atom stereocenters. The van der Waals surface area contributed by atoms with E-state index in [0.29, 0.717) is 20.3 Å². The molecule has 0 aliphatic rings. The molecule has 1 N–H and O–H groups in total. The van der Waals surface area contributed by atoms with E-state index in [4.69, 9.17) is 23.2 Å². The van der Waals surface area contributed by atoms with Gasteiger partial charge in [0, 0.05) is 15.6 Å². The molecule has 150 valence electrons. The van der Waals surface area contributed by atoms with Gasteiger partial charge in [0.2, 0.25) is 0 Å². The fourth-order valence-electron chi connectivity index (χ4n) is 2.66. The number of nitrogens with zero attached hydrogens (tertiary/aromatic N) is 5. The van der Waals surface area contributed by atoms with Crippen molar-refractivity contribution < 1.29 is 17.2 Å². The molecule has 0 saturated heterocycles. The van der Waals surface area contributed by atoms with E-state index in [-0.39, 0.29) is 28.8 Å². The van der Waals surface area contributed by atoms with Crippen LogP contribution in [0.25, 0.3) is 0 Å². The number of anilines is 1. The number of aromatic nitrogens is 5. The monoisotopic (exact) mass is 450 g/mol. The highest BCUT2D eigenvalue weighted by atomic mass is 35.5. The van der Waals surface area contributed by atoms with Gasteiger partial charge in [-0.3, -0.25) is 0 Å². The maximum absolute atomic E-state index is 12.9. The molecule has 0 aliphatic heterocycles. The van der Waals surface area contributed by atoms with Crippen LogP contribution < -0.4 is 4.72 Å². The molecule has 0 amide bonds. The number of sulfonamides is 1. The molecule has 28 heavy (non-hydrogen) atoms. The maximum Gasteiger partial charge on any atom is 0.333 e. The van der Waals surface area contributed by atoms with E-state index >= 15 is 0 Å². The van der Waals surface area contributed by atoms with E-state index in [1.807, 2.05) is 0 Å². The number of rotatable bonds is 6. The molecule has 8 nitrogen and oxygen atoms in total. The third kappa shape index (κ3) is 3.96. The average molecular weight is 451 g/mol. The normalized spacial score (nSPS) is 12.0. The van der Waals surface area contributed by atoms with Crippen LogP contribution in [0.3, 0.4) is 0 Å². The van der Waals surface area contributed by atoms with Gasteiger partial charge in [-0.1, -0.05) is 29.3 Å². The highest BCUT2D eigenvalue weighted by molar-refractivity contribution is 7.92. The first-order valence-electron chi connectivity index (χ1n) is 7.79. The molecule has 0 saturated carbocycles. The Labute approximate surface area is 169 Å². The van der Waals surface area contributed by atoms with Crippen molar-refractivity contribution in [1.82, 2.24) is 24.5 Å². The van der Waals surface area contributed by atoms with Gasteiger partial charge in [-0.2, -0.15) is 18.9 Å². The Kier molecular flexibility index (Phi) is 5.60. The van der Waals surface area contributed by atoms with Crippen LogP contribution in [0.1, 0.15) is 23.5 Å². The van der Waals surface area contributed by atoms with E-state index in [1.165, 1.54) is 24.9 Å². The molecule has 0 radical (unpaired) electrons. The Bertz CT molecular complexity index is 1110. The van der Waals surface area contributed by atoms with Crippen molar-refractivity contribution in [2.24, 2.45) is 0 Å². The first-order chi connectivity index (χ1) is 13.1. The molecule has 0 aliphatic carbocycles. The van der Waals surface area contributed by atoms with Crippen LogP contribution in [0, 0.1) is 13.8 Å². The minimum atomic E-state index is -4.22. The number of benzene rings is 1. The molecule has 3 aromatic rings. The average Bonchev–Trinajstić information content (AvgIpc) is 3.14. The first kappa shape index (κ1) is 20.5. The van der Waals surface area contributed by atoms with Gasteiger partial charge in [-0.05, 0) is 26.0 Å². The van der Waals surface area contributed by atoms with Crippen molar-refractivity contribution in [3.8, 4) is 0 Å². The smallest absolute Gasteiger partial charge is 0.246 e. The van der Waals surface area contributed by atoms with Gasteiger partial charge >= 0.3 is 6.55 Å². The van der Waals surface area contributed by atoms with Crippen molar-refractivity contribution in [2.75, 3.05) is 4.72 Å². The number of hydrogen-bond donors (Lipinski definition) is 1.